The highest BCUT2D eigenvalue weighted by Gasteiger charge is 2.15. The molecule has 2 aromatic heterocycles. The van der Waals surface area contributed by atoms with Gasteiger partial charge in [-0.15, -0.1) is 11.3 Å². The van der Waals surface area contributed by atoms with Gasteiger partial charge in [-0.25, -0.2) is 15.8 Å². The summed E-state index contributed by atoms with van der Waals surface area (Å²) in [6.45, 7) is 6.20. The van der Waals surface area contributed by atoms with Crippen LogP contribution in [0.3, 0.4) is 0 Å². The third-order valence-electron chi connectivity index (χ3n) is 2.64. The lowest BCUT2D eigenvalue weighted by atomic mass is 10.0. The Morgan fingerprint density at radius 3 is 2.61 bits per heavy atom. The van der Waals surface area contributed by atoms with Crippen molar-refractivity contribution < 1.29 is 0 Å². The molecular weight excluding hydrogens is 312 g/mol. The fourth-order valence-electron chi connectivity index (χ4n) is 1.92. The number of thiophene rings is 1. The zero-order valence-electron chi connectivity index (χ0n) is 10.5. The number of nitrogens with one attached hydrogen (secondary N) is 1. The Morgan fingerprint density at radius 1 is 1.39 bits per heavy atom. The van der Waals surface area contributed by atoms with Gasteiger partial charge >= 0.3 is 0 Å². The quantitative estimate of drug-likeness (QED) is 0.667. The number of aromatic nitrogens is 2. The van der Waals surface area contributed by atoms with Crippen molar-refractivity contribution >= 4 is 33.1 Å². The van der Waals surface area contributed by atoms with E-state index in [1.807, 2.05) is 18.4 Å². The maximum absolute atomic E-state index is 5.56. The lowest BCUT2D eigenvalue weighted by Gasteiger charge is -2.14. The molecule has 2 heterocycles. The minimum atomic E-state index is 0.333. The van der Waals surface area contributed by atoms with Crippen LogP contribution in [0.4, 0.5) is 5.82 Å². The molecule has 3 N–H and O–H groups in total. The monoisotopic (exact) mass is 326 g/mol. The standard InChI is InChI=1S/C12H15BrN4S/c1-6(2)10-7(3)15-11(16-12(10)17-14)9-4-8(13)5-18-9/h4-6H,14H2,1-3H3,(H,15,16,17). The van der Waals surface area contributed by atoms with Crippen LogP contribution in [0, 0.1) is 6.92 Å². The number of rotatable bonds is 3. The normalized spacial score (nSPS) is 11.0. The van der Waals surface area contributed by atoms with E-state index >= 15 is 0 Å². The van der Waals surface area contributed by atoms with Crippen molar-refractivity contribution in [3.05, 3.63) is 27.2 Å². The molecule has 0 bridgehead atoms. The van der Waals surface area contributed by atoms with E-state index in [1.165, 1.54) is 0 Å². The van der Waals surface area contributed by atoms with E-state index in [9.17, 15) is 0 Å². The van der Waals surface area contributed by atoms with E-state index in [2.05, 4.69) is 45.2 Å². The third-order valence-corrected chi connectivity index (χ3v) is 4.33. The van der Waals surface area contributed by atoms with Crippen LogP contribution in [-0.2, 0) is 0 Å². The summed E-state index contributed by atoms with van der Waals surface area (Å²) in [5.41, 5.74) is 4.71. The Labute approximate surface area is 119 Å². The number of hydrogen-bond donors (Lipinski definition) is 2. The van der Waals surface area contributed by atoms with E-state index in [0.717, 1.165) is 20.6 Å². The summed E-state index contributed by atoms with van der Waals surface area (Å²) < 4.78 is 1.04. The summed E-state index contributed by atoms with van der Waals surface area (Å²) in [7, 11) is 0. The first-order chi connectivity index (χ1) is 8.52. The maximum atomic E-state index is 5.56. The second-order valence-electron chi connectivity index (χ2n) is 4.32. The highest BCUT2D eigenvalue weighted by Crippen LogP contribution is 2.31. The van der Waals surface area contributed by atoms with Gasteiger partial charge in [-0.05, 0) is 34.8 Å². The second-order valence-corrected chi connectivity index (χ2v) is 6.15. The molecule has 0 amide bonds. The number of nitrogens with zero attached hydrogens (tertiary/aromatic N) is 2. The van der Waals surface area contributed by atoms with Crippen molar-refractivity contribution in [3.8, 4) is 10.7 Å². The average molecular weight is 327 g/mol. The van der Waals surface area contributed by atoms with Crippen LogP contribution >= 0.6 is 27.3 Å². The first kappa shape index (κ1) is 13.5. The Morgan fingerprint density at radius 2 is 2.11 bits per heavy atom. The molecule has 0 fully saturated rings. The van der Waals surface area contributed by atoms with Crippen LogP contribution in [0.25, 0.3) is 10.7 Å². The van der Waals surface area contributed by atoms with Crippen molar-refractivity contribution in [2.75, 3.05) is 5.43 Å². The molecule has 0 radical (unpaired) electrons. The number of anilines is 1. The molecule has 0 spiro atoms. The van der Waals surface area contributed by atoms with Crippen molar-refractivity contribution in [1.29, 1.82) is 0 Å². The van der Waals surface area contributed by atoms with Crippen LogP contribution in [0.1, 0.15) is 31.0 Å². The van der Waals surface area contributed by atoms with Gasteiger partial charge in [-0.1, -0.05) is 13.8 Å². The SMILES string of the molecule is Cc1nc(-c2cc(Br)cs2)nc(NN)c1C(C)C. The number of halogens is 1. The van der Waals surface area contributed by atoms with Gasteiger partial charge in [0.1, 0.15) is 5.82 Å². The summed E-state index contributed by atoms with van der Waals surface area (Å²) in [6.07, 6.45) is 0. The molecule has 0 aromatic carbocycles. The summed E-state index contributed by atoms with van der Waals surface area (Å²) in [4.78, 5) is 10.1. The second kappa shape index (κ2) is 5.34. The largest absolute Gasteiger partial charge is 0.308 e. The molecule has 2 rings (SSSR count). The number of hydrogen-bond acceptors (Lipinski definition) is 5. The van der Waals surface area contributed by atoms with Gasteiger partial charge in [-0.2, -0.15) is 0 Å². The molecular formula is C12H15BrN4S. The molecule has 0 saturated carbocycles. The van der Waals surface area contributed by atoms with E-state index < -0.39 is 0 Å². The first-order valence-electron chi connectivity index (χ1n) is 5.62. The molecule has 0 unspecified atom stereocenters. The number of hydrazine groups is 1. The van der Waals surface area contributed by atoms with E-state index in [4.69, 9.17) is 5.84 Å². The van der Waals surface area contributed by atoms with Crippen molar-refractivity contribution in [1.82, 2.24) is 9.97 Å². The molecule has 0 aliphatic heterocycles. The van der Waals surface area contributed by atoms with Crippen LogP contribution < -0.4 is 11.3 Å². The van der Waals surface area contributed by atoms with Crippen LogP contribution in [0.2, 0.25) is 0 Å². The molecule has 18 heavy (non-hydrogen) atoms. The number of nitrogens with two attached hydrogens (primary N) is 1. The molecule has 0 aliphatic carbocycles. The van der Waals surface area contributed by atoms with E-state index in [0.29, 0.717) is 17.6 Å². The fourth-order valence-corrected chi connectivity index (χ4v) is 3.28. The summed E-state index contributed by atoms with van der Waals surface area (Å²) in [5.74, 6) is 7.31. The highest BCUT2D eigenvalue weighted by atomic mass is 79.9. The van der Waals surface area contributed by atoms with Gasteiger partial charge in [0.2, 0.25) is 0 Å². The van der Waals surface area contributed by atoms with Gasteiger partial charge in [0.05, 0.1) is 4.88 Å². The lowest BCUT2D eigenvalue weighted by molar-refractivity contribution is 0.832. The summed E-state index contributed by atoms with van der Waals surface area (Å²) in [5, 5.41) is 2.01. The minimum absolute atomic E-state index is 0.333. The van der Waals surface area contributed by atoms with Gasteiger partial charge in [0, 0.05) is 21.1 Å². The average Bonchev–Trinajstić information content (AvgIpc) is 2.74. The minimum Gasteiger partial charge on any atom is -0.308 e. The van der Waals surface area contributed by atoms with Gasteiger partial charge in [0.25, 0.3) is 0 Å². The molecule has 4 nitrogen and oxygen atoms in total. The van der Waals surface area contributed by atoms with Crippen LogP contribution in [0.15, 0.2) is 15.9 Å². The molecule has 0 aliphatic rings. The van der Waals surface area contributed by atoms with Crippen LogP contribution in [0.5, 0.6) is 0 Å². The third kappa shape index (κ3) is 2.55. The predicted octanol–water partition coefficient (Wildman–Crippen LogP) is 3.69. The van der Waals surface area contributed by atoms with Crippen LogP contribution in [-0.4, -0.2) is 9.97 Å². The predicted molar refractivity (Wildman–Crippen MR) is 79.7 cm³/mol. The van der Waals surface area contributed by atoms with Crippen molar-refractivity contribution in [3.63, 3.8) is 0 Å². The van der Waals surface area contributed by atoms with Gasteiger partial charge in [-0.3, -0.25) is 0 Å². The smallest absolute Gasteiger partial charge is 0.171 e. The Kier molecular flexibility index (Phi) is 3.99. The van der Waals surface area contributed by atoms with Crippen molar-refractivity contribution in [2.24, 2.45) is 5.84 Å². The number of aryl methyl sites for hydroxylation is 1. The van der Waals surface area contributed by atoms with Gasteiger partial charge in [0.15, 0.2) is 5.82 Å². The van der Waals surface area contributed by atoms with E-state index in [1.54, 1.807) is 11.3 Å². The zero-order valence-corrected chi connectivity index (χ0v) is 12.9. The summed E-state index contributed by atoms with van der Waals surface area (Å²) >= 11 is 5.04. The van der Waals surface area contributed by atoms with Gasteiger partial charge < -0.3 is 5.43 Å². The first-order valence-corrected chi connectivity index (χ1v) is 7.29. The molecule has 2 aromatic rings. The molecule has 0 saturated heterocycles. The topological polar surface area (TPSA) is 63.8 Å². The fraction of sp³-hybridized carbons (Fsp3) is 0.333. The molecule has 0 atom stereocenters. The maximum Gasteiger partial charge on any atom is 0.171 e. The molecule has 6 heteroatoms. The van der Waals surface area contributed by atoms with Crippen molar-refractivity contribution in [2.45, 2.75) is 26.7 Å². The Balaban J connectivity index is 2.55. The van der Waals surface area contributed by atoms with E-state index in [-0.39, 0.29) is 0 Å². The Hall–Kier alpha value is -0.980. The zero-order chi connectivity index (χ0) is 13.3. The number of nitrogen functional groups attached to an aromatic ring is 1. The Bertz CT molecular complexity index is 565. The summed E-state index contributed by atoms with van der Waals surface area (Å²) in [6, 6.07) is 2.01. The molecule has 96 valence electrons. The highest BCUT2D eigenvalue weighted by molar-refractivity contribution is 9.10. The lowest BCUT2D eigenvalue weighted by Crippen LogP contribution is -2.14.